The van der Waals surface area contributed by atoms with Gasteiger partial charge < -0.3 is 0 Å². The summed E-state index contributed by atoms with van der Waals surface area (Å²) in [5.74, 6) is 2.47. The van der Waals surface area contributed by atoms with Gasteiger partial charge in [-0.25, -0.2) is 10.2 Å². The molecular formula is C2H4AlNO. The molecule has 0 radical (unpaired) electrons. The Hall–Kier alpha value is -0.308. The lowest BCUT2D eigenvalue weighted by Crippen LogP contribution is -1.36. The Bertz CT molecular complexity index is 59.7. The van der Waals surface area contributed by atoms with E-state index in [9.17, 15) is 0 Å². The third-order valence-corrected chi connectivity index (χ3v) is 0.0510. The molecule has 0 aromatic rings. The summed E-state index contributed by atoms with van der Waals surface area (Å²) < 4.78 is 0. The summed E-state index contributed by atoms with van der Waals surface area (Å²) in [4.78, 5) is 8.75. The number of hydrogen-bond acceptors (Lipinski definition) is 2. The van der Waals surface area contributed by atoms with Gasteiger partial charge in [0.05, 0.1) is 5.87 Å². The zero-order chi connectivity index (χ0) is 3.41. The molecule has 2 nitrogen and oxygen atoms in total. The highest BCUT2D eigenvalue weighted by atomic mass is 27.0. The van der Waals surface area contributed by atoms with E-state index < -0.39 is 0 Å². The molecule has 1 N–H and O–H groups in total. The molecule has 0 bridgehead atoms. The minimum absolute atomic E-state index is 0. The Morgan fingerprint density at radius 2 is 1.80 bits per heavy atom. The van der Waals surface area contributed by atoms with Gasteiger partial charge in [-0.15, -0.1) is 0 Å². The molecular weight excluding hydrogens is 81.0 g/mol. The van der Waals surface area contributed by atoms with Crippen molar-refractivity contribution in [2.24, 2.45) is 0 Å². The molecule has 0 aliphatic rings. The predicted octanol–water partition coefficient (Wildman–Crippen LogP) is -1.56. The average molecular weight is 85.0 g/mol. The van der Waals surface area contributed by atoms with E-state index in [0.29, 0.717) is 0 Å². The zero-order valence-corrected chi connectivity index (χ0v) is 1.91. The number of hydrogen-bond donors (Lipinski definition) is 1. The predicted molar refractivity (Wildman–Crippen MR) is 23.4 cm³/mol. The summed E-state index contributed by atoms with van der Waals surface area (Å²) in [7, 11) is 0. The molecule has 0 rings (SSSR count). The highest BCUT2D eigenvalue weighted by Crippen LogP contribution is 0.954. The van der Waals surface area contributed by atoms with E-state index in [1.54, 1.807) is 0 Å². The SMILES string of the molecule is N=C=C=O.[AlH3]. The van der Waals surface area contributed by atoms with Gasteiger partial charge in [-0.2, -0.15) is 0 Å². The smallest absolute Gasteiger partial charge is 0.197 e. The Kier molecular flexibility index (Phi) is 16.5. The molecule has 0 saturated heterocycles. The Morgan fingerprint density at radius 1 is 1.60 bits per heavy atom. The van der Waals surface area contributed by atoms with Crippen LogP contribution >= 0.6 is 0 Å². The first-order chi connectivity index (χ1) is 1.91. The van der Waals surface area contributed by atoms with Gasteiger partial charge in [0.25, 0.3) is 0 Å². The minimum atomic E-state index is 0. The zero-order valence-electron chi connectivity index (χ0n) is 1.91. The minimum Gasteiger partial charge on any atom is -0.248 e. The van der Waals surface area contributed by atoms with Crippen LogP contribution in [0.5, 0.6) is 0 Å². The summed E-state index contributed by atoms with van der Waals surface area (Å²) in [6.45, 7) is 0. The molecule has 0 aromatic heterocycles. The van der Waals surface area contributed by atoms with E-state index >= 15 is 0 Å². The van der Waals surface area contributed by atoms with Gasteiger partial charge in [-0.05, 0) is 0 Å². The van der Waals surface area contributed by atoms with Crippen LogP contribution in [-0.2, 0) is 4.79 Å². The third-order valence-electron chi connectivity index (χ3n) is 0.0510. The molecule has 0 heterocycles. The van der Waals surface area contributed by atoms with Crippen molar-refractivity contribution < 1.29 is 4.79 Å². The van der Waals surface area contributed by atoms with E-state index in [4.69, 9.17) is 10.2 Å². The Labute approximate surface area is 40.1 Å². The van der Waals surface area contributed by atoms with Gasteiger partial charge in [0.1, 0.15) is 0 Å². The largest absolute Gasteiger partial charge is 0.248 e. The standard InChI is InChI=1S/C2HNO.Al.3H/c3-1-2-4;;;;/h3H;;;;. The first-order valence-corrected chi connectivity index (χ1v) is 0.704. The monoisotopic (exact) mass is 85.0 g/mol. The molecule has 0 fully saturated rings. The highest BCUT2D eigenvalue weighted by Gasteiger charge is 1.20. The van der Waals surface area contributed by atoms with Crippen LogP contribution in [0.4, 0.5) is 0 Å². The van der Waals surface area contributed by atoms with Crippen molar-refractivity contribution >= 4 is 29.2 Å². The van der Waals surface area contributed by atoms with Crippen molar-refractivity contribution in [1.29, 1.82) is 5.41 Å². The van der Waals surface area contributed by atoms with Crippen molar-refractivity contribution in [2.75, 3.05) is 0 Å². The van der Waals surface area contributed by atoms with Gasteiger partial charge in [0.2, 0.25) is 0 Å². The van der Waals surface area contributed by atoms with Gasteiger partial charge in [-0.3, -0.25) is 0 Å². The summed E-state index contributed by atoms with van der Waals surface area (Å²) in [6, 6.07) is 0. The topological polar surface area (TPSA) is 40.9 Å². The summed E-state index contributed by atoms with van der Waals surface area (Å²) in [5.41, 5.74) is 0. The van der Waals surface area contributed by atoms with Crippen molar-refractivity contribution in [1.82, 2.24) is 0 Å². The number of carbonyl (C=O) groups excluding carboxylic acids is 1. The van der Waals surface area contributed by atoms with Crippen molar-refractivity contribution in [3.8, 4) is 0 Å². The maximum Gasteiger partial charge on any atom is 0.197 e. The molecule has 0 aromatic carbocycles. The first-order valence-electron chi connectivity index (χ1n) is 0.704. The maximum atomic E-state index is 8.75. The van der Waals surface area contributed by atoms with Crippen molar-refractivity contribution in [3.05, 3.63) is 0 Å². The van der Waals surface area contributed by atoms with E-state index in [-0.39, 0.29) is 17.4 Å². The van der Waals surface area contributed by atoms with Crippen LogP contribution in [0.1, 0.15) is 0 Å². The molecule has 26 valence electrons. The highest BCUT2D eigenvalue weighted by molar-refractivity contribution is 5.82. The number of rotatable bonds is 0. The molecule has 5 heavy (non-hydrogen) atoms. The molecule has 0 aliphatic carbocycles. The van der Waals surface area contributed by atoms with E-state index in [1.165, 1.54) is 5.87 Å². The summed E-state index contributed by atoms with van der Waals surface area (Å²) >= 11 is 0. The average Bonchev–Trinajstić information content (AvgIpc) is 1.37. The molecule has 0 amide bonds. The van der Waals surface area contributed by atoms with Crippen LogP contribution in [0.2, 0.25) is 0 Å². The molecule has 3 heteroatoms. The van der Waals surface area contributed by atoms with Crippen LogP contribution in [0.3, 0.4) is 0 Å². The molecule has 0 unspecified atom stereocenters. The molecule has 0 aliphatic heterocycles. The lowest BCUT2D eigenvalue weighted by Gasteiger charge is -1.13. The Morgan fingerprint density at radius 3 is 1.80 bits per heavy atom. The fourth-order valence-corrected chi connectivity index (χ4v) is 0. The third kappa shape index (κ3) is 22.1. The van der Waals surface area contributed by atoms with E-state index in [0.717, 1.165) is 5.94 Å². The second kappa shape index (κ2) is 9.34. The van der Waals surface area contributed by atoms with Crippen LogP contribution in [0.15, 0.2) is 0 Å². The lowest BCUT2D eigenvalue weighted by atomic mass is 11.2. The van der Waals surface area contributed by atoms with Crippen LogP contribution < -0.4 is 0 Å². The fourth-order valence-electron chi connectivity index (χ4n) is 0. The van der Waals surface area contributed by atoms with Crippen LogP contribution in [-0.4, -0.2) is 29.2 Å². The maximum absolute atomic E-state index is 8.75. The van der Waals surface area contributed by atoms with E-state index in [1.807, 2.05) is 0 Å². The van der Waals surface area contributed by atoms with Crippen LogP contribution in [0, 0.1) is 5.41 Å². The Balaban J connectivity index is 0. The second-order valence-corrected chi connectivity index (χ2v) is 0.227. The fraction of sp³-hybridized carbons (Fsp3) is 0. The summed E-state index contributed by atoms with van der Waals surface area (Å²) in [6.07, 6.45) is 0. The van der Waals surface area contributed by atoms with Gasteiger partial charge >= 0.3 is 0 Å². The molecule has 0 spiro atoms. The van der Waals surface area contributed by atoms with Crippen LogP contribution in [0.25, 0.3) is 0 Å². The first kappa shape index (κ1) is 8.83. The van der Waals surface area contributed by atoms with Gasteiger partial charge in [0, 0.05) is 0 Å². The number of nitrogens with one attached hydrogen (secondary N) is 1. The van der Waals surface area contributed by atoms with Crippen molar-refractivity contribution in [3.63, 3.8) is 0 Å². The molecule has 0 atom stereocenters. The quantitative estimate of drug-likeness (QED) is 0.216. The molecule has 0 saturated carbocycles. The van der Waals surface area contributed by atoms with Crippen molar-refractivity contribution in [2.45, 2.75) is 0 Å². The van der Waals surface area contributed by atoms with Gasteiger partial charge in [-0.1, -0.05) is 0 Å². The summed E-state index contributed by atoms with van der Waals surface area (Å²) in [5, 5.41) is 5.78. The second-order valence-electron chi connectivity index (χ2n) is 0.227. The normalized spacial score (nSPS) is 2.40. The lowest BCUT2D eigenvalue weighted by molar-refractivity contribution is 0.571. The van der Waals surface area contributed by atoms with Gasteiger partial charge in [0.15, 0.2) is 23.3 Å². The van der Waals surface area contributed by atoms with E-state index in [2.05, 4.69) is 0 Å².